The fourth-order valence-electron chi connectivity index (χ4n) is 3.70. The summed E-state index contributed by atoms with van der Waals surface area (Å²) in [6.45, 7) is 7.46. The fraction of sp³-hybridized carbons (Fsp3) is 0.269. The number of nitrogens with zero attached hydrogens (tertiary/aromatic N) is 1. The van der Waals surface area contributed by atoms with Gasteiger partial charge in [-0.2, -0.15) is 0 Å². The monoisotopic (exact) mass is 480 g/mol. The molecule has 178 valence electrons. The molecule has 1 atom stereocenters. The van der Waals surface area contributed by atoms with Gasteiger partial charge in [0.2, 0.25) is 0 Å². The smallest absolute Gasteiger partial charge is 0.267 e. The zero-order valence-electron chi connectivity index (χ0n) is 19.6. The Morgan fingerprint density at radius 2 is 1.74 bits per heavy atom. The van der Waals surface area contributed by atoms with Crippen molar-refractivity contribution in [1.29, 1.82) is 0 Å². The molecule has 0 fully saturated rings. The summed E-state index contributed by atoms with van der Waals surface area (Å²) >= 11 is 0. The van der Waals surface area contributed by atoms with Crippen LogP contribution in [-0.4, -0.2) is 33.1 Å². The van der Waals surface area contributed by atoms with Crippen LogP contribution in [0.5, 0.6) is 11.5 Å². The van der Waals surface area contributed by atoms with Crippen molar-refractivity contribution >= 4 is 27.3 Å². The highest BCUT2D eigenvalue weighted by Crippen LogP contribution is 2.38. The Morgan fingerprint density at radius 1 is 1.03 bits per heavy atom. The molecule has 0 unspecified atom stereocenters. The second kappa shape index (κ2) is 9.38. The zero-order chi connectivity index (χ0) is 24.5. The number of benzene rings is 3. The third kappa shape index (κ3) is 5.02. The Balaban J connectivity index is 1.64. The first-order valence-corrected chi connectivity index (χ1v) is 12.5. The highest BCUT2D eigenvalue weighted by molar-refractivity contribution is 7.92. The van der Waals surface area contributed by atoms with Gasteiger partial charge in [-0.1, -0.05) is 29.8 Å². The van der Waals surface area contributed by atoms with Crippen molar-refractivity contribution in [3.05, 3.63) is 77.9 Å². The van der Waals surface area contributed by atoms with E-state index < -0.39 is 22.0 Å². The summed E-state index contributed by atoms with van der Waals surface area (Å²) in [6.07, 6.45) is -1.04. The summed E-state index contributed by atoms with van der Waals surface area (Å²) in [5.41, 5.74) is 2.79. The van der Waals surface area contributed by atoms with Gasteiger partial charge in [0.1, 0.15) is 11.5 Å². The van der Waals surface area contributed by atoms with E-state index in [0.717, 1.165) is 11.1 Å². The van der Waals surface area contributed by atoms with Crippen molar-refractivity contribution < 1.29 is 22.7 Å². The Morgan fingerprint density at radius 3 is 2.44 bits per heavy atom. The van der Waals surface area contributed by atoms with Gasteiger partial charge >= 0.3 is 0 Å². The van der Waals surface area contributed by atoms with Gasteiger partial charge in [0, 0.05) is 11.8 Å². The number of fused-ring (bicyclic) bond motifs is 1. The van der Waals surface area contributed by atoms with E-state index in [-0.39, 0.29) is 17.5 Å². The molecule has 8 heteroatoms. The number of nitrogens with one attached hydrogen (secondary N) is 1. The van der Waals surface area contributed by atoms with Crippen molar-refractivity contribution in [2.45, 2.75) is 44.8 Å². The maximum Gasteiger partial charge on any atom is 0.267 e. The third-order valence-electron chi connectivity index (χ3n) is 5.36. The molecule has 1 aliphatic heterocycles. The standard InChI is InChI=1S/C26H28N2O5S/c1-17(2)32-21-7-5-6-20(15-21)27-26(29)25-16-28(23-13-10-19(4)14-24(23)33-25)34(30,31)22-11-8-18(3)9-12-22/h5-15,17,25H,16H2,1-4H3,(H,27,29)/t25-/m0/s1. The van der Waals surface area contributed by atoms with Crippen molar-refractivity contribution in [2.24, 2.45) is 0 Å². The average Bonchev–Trinajstić information content (AvgIpc) is 2.78. The van der Waals surface area contributed by atoms with Gasteiger partial charge in [-0.3, -0.25) is 9.10 Å². The van der Waals surface area contributed by atoms with E-state index in [1.807, 2.05) is 39.8 Å². The van der Waals surface area contributed by atoms with Crippen LogP contribution in [0.15, 0.2) is 71.6 Å². The SMILES string of the molecule is Cc1ccc(S(=O)(=O)N2C[C@@H](C(=O)Nc3cccc(OC(C)C)c3)Oc3cc(C)ccc32)cc1. The van der Waals surface area contributed by atoms with Crippen molar-refractivity contribution in [2.75, 3.05) is 16.2 Å². The van der Waals surface area contributed by atoms with Crippen LogP contribution in [0.3, 0.4) is 0 Å². The molecule has 0 saturated heterocycles. The molecule has 4 rings (SSSR count). The number of amides is 1. The van der Waals surface area contributed by atoms with E-state index in [0.29, 0.717) is 22.9 Å². The third-order valence-corrected chi connectivity index (χ3v) is 7.15. The number of sulfonamides is 1. The summed E-state index contributed by atoms with van der Waals surface area (Å²) < 4.78 is 40.0. The van der Waals surface area contributed by atoms with E-state index in [1.165, 1.54) is 4.31 Å². The molecule has 0 saturated carbocycles. The first-order chi connectivity index (χ1) is 16.1. The molecule has 34 heavy (non-hydrogen) atoms. The molecule has 3 aromatic rings. The van der Waals surface area contributed by atoms with Crippen LogP contribution in [-0.2, 0) is 14.8 Å². The minimum Gasteiger partial charge on any atom is -0.491 e. The normalized spacial score (nSPS) is 15.4. The molecule has 1 aliphatic rings. The van der Waals surface area contributed by atoms with Gasteiger partial charge in [-0.25, -0.2) is 8.42 Å². The molecule has 3 aromatic carbocycles. The second-order valence-electron chi connectivity index (χ2n) is 8.61. The van der Waals surface area contributed by atoms with Crippen LogP contribution >= 0.6 is 0 Å². The predicted octanol–water partition coefficient (Wildman–Crippen LogP) is 4.69. The van der Waals surface area contributed by atoms with Gasteiger partial charge in [-0.15, -0.1) is 0 Å². The number of hydrogen-bond acceptors (Lipinski definition) is 5. The largest absolute Gasteiger partial charge is 0.491 e. The van der Waals surface area contributed by atoms with Crippen molar-refractivity contribution in [1.82, 2.24) is 0 Å². The lowest BCUT2D eigenvalue weighted by Crippen LogP contribution is -2.48. The van der Waals surface area contributed by atoms with Crippen LogP contribution in [0.25, 0.3) is 0 Å². The van der Waals surface area contributed by atoms with E-state index in [1.54, 1.807) is 54.6 Å². The fourth-order valence-corrected chi connectivity index (χ4v) is 5.18. The Labute approximate surface area is 200 Å². The lowest BCUT2D eigenvalue weighted by Gasteiger charge is -2.35. The van der Waals surface area contributed by atoms with Crippen LogP contribution in [0.2, 0.25) is 0 Å². The van der Waals surface area contributed by atoms with Crippen LogP contribution < -0.4 is 19.1 Å². The lowest BCUT2D eigenvalue weighted by atomic mass is 10.1. The molecule has 0 bridgehead atoms. The average molecular weight is 481 g/mol. The van der Waals surface area contributed by atoms with Gasteiger partial charge in [0.25, 0.3) is 15.9 Å². The molecule has 1 heterocycles. The van der Waals surface area contributed by atoms with Crippen LogP contribution in [0.4, 0.5) is 11.4 Å². The molecular weight excluding hydrogens is 452 g/mol. The molecular formula is C26H28N2O5S. The van der Waals surface area contributed by atoms with Crippen molar-refractivity contribution in [3.63, 3.8) is 0 Å². The molecule has 7 nitrogen and oxygen atoms in total. The first kappa shape index (κ1) is 23.6. The molecule has 0 aliphatic carbocycles. The predicted molar refractivity (Wildman–Crippen MR) is 132 cm³/mol. The summed E-state index contributed by atoms with van der Waals surface area (Å²) in [5.74, 6) is 0.527. The quantitative estimate of drug-likeness (QED) is 0.554. The Bertz CT molecular complexity index is 1300. The number of anilines is 2. The van der Waals surface area contributed by atoms with Gasteiger partial charge in [0.15, 0.2) is 6.10 Å². The maximum absolute atomic E-state index is 13.5. The lowest BCUT2D eigenvalue weighted by molar-refractivity contribution is -0.122. The summed E-state index contributed by atoms with van der Waals surface area (Å²) in [4.78, 5) is 13.3. The zero-order valence-corrected chi connectivity index (χ0v) is 20.4. The molecule has 0 radical (unpaired) electrons. The Hall–Kier alpha value is -3.52. The minimum atomic E-state index is -3.91. The summed E-state index contributed by atoms with van der Waals surface area (Å²) in [6, 6.07) is 19.0. The number of carbonyl (C=O) groups excluding carboxylic acids is 1. The summed E-state index contributed by atoms with van der Waals surface area (Å²) in [7, 11) is -3.91. The number of ether oxygens (including phenoxy) is 2. The van der Waals surface area contributed by atoms with E-state index >= 15 is 0 Å². The number of rotatable bonds is 6. The number of carbonyl (C=O) groups is 1. The van der Waals surface area contributed by atoms with E-state index in [2.05, 4.69) is 5.32 Å². The van der Waals surface area contributed by atoms with E-state index in [9.17, 15) is 13.2 Å². The van der Waals surface area contributed by atoms with Crippen LogP contribution in [0.1, 0.15) is 25.0 Å². The number of aryl methyl sites for hydroxylation is 2. The molecule has 1 amide bonds. The second-order valence-corrected chi connectivity index (χ2v) is 10.5. The van der Waals surface area contributed by atoms with Gasteiger partial charge in [-0.05, 0) is 69.7 Å². The highest BCUT2D eigenvalue weighted by Gasteiger charge is 2.37. The minimum absolute atomic E-state index is 0.00657. The molecule has 1 N–H and O–H groups in total. The van der Waals surface area contributed by atoms with Gasteiger partial charge < -0.3 is 14.8 Å². The topological polar surface area (TPSA) is 84.9 Å². The molecule has 0 spiro atoms. The van der Waals surface area contributed by atoms with Crippen molar-refractivity contribution in [3.8, 4) is 11.5 Å². The van der Waals surface area contributed by atoms with Gasteiger partial charge in [0.05, 0.1) is 23.2 Å². The maximum atomic E-state index is 13.5. The first-order valence-electron chi connectivity index (χ1n) is 11.1. The van der Waals surface area contributed by atoms with E-state index in [4.69, 9.17) is 9.47 Å². The number of hydrogen-bond donors (Lipinski definition) is 1. The van der Waals surface area contributed by atoms with Crippen LogP contribution in [0, 0.1) is 13.8 Å². The highest BCUT2D eigenvalue weighted by atomic mass is 32.2. The molecule has 0 aromatic heterocycles. The summed E-state index contributed by atoms with van der Waals surface area (Å²) in [5, 5.41) is 2.82. The Kier molecular flexibility index (Phi) is 6.52.